The maximum Gasteiger partial charge on any atom is 0.251 e. The van der Waals surface area contributed by atoms with E-state index in [1.165, 1.54) is 36.2 Å². The summed E-state index contributed by atoms with van der Waals surface area (Å²) in [5.41, 5.74) is 2.70. The van der Waals surface area contributed by atoms with Crippen molar-refractivity contribution < 1.29 is 13.2 Å². The molecule has 0 unspecified atom stereocenters. The summed E-state index contributed by atoms with van der Waals surface area (Å²) in [5, 5.41) is 2.86. The average Bonchev–Trinajstić information content (AvgIpc) is 3.21. The number of hydrogen-bond acceptors (Lipinski definition) is 5. The molecule has 2 aromatic carbocycles. The summed E-state index contributed by atoms with van der Waals surface area (Å²) >= 11 is 3.87. The Hall–Kier alpha value is -1.48. The van der Waals surface area contributed by atoms with Crippen molar-refractivity contribution in [3.8, 4) is 0 Å². The van der Waals surface area contributed by atoms with Crippen molar-refractivity contribution >= 4 is 39.5 Å². The van der Waals surface area contributed by atoms with E-state index in [9.17, 15) is 13.2 Å². The molecule has 1 saturated heterocycles. The monoisotopic (exact) mass is 408 g/mol. The Labute approximate surface area is 162 Å². The molecular formula is C18H20N2O3S3. The Bertz CT molecular complexity index is 860. The molecule has 0 atom stereocenters. The first-order chi connectivity index (χ1) is 12.5. The molecule has 1 amide bonds. The van der Waals surface area contributed by atoms with Gasteiger partial charge >= 0.3 is 0 Å². The van der Waals surface area contributed by atoms with Gasteiger partial charge in [-0.05, 0) is 42.4 Å². The summed E-state index contributed by atoms with van der Waals surface area (Å²) in [4.78, 5) is 12.5. The fourth-order valence-corrected chi connectivity index (χ4v) is 6.12. The smallest absolute Gasteiger partial charge is 0.251 e. The highest BCUT2D eigenvalue weighted by molar-refractivity contribution is 8.19. The highest BCUT2D eigenvalue weighted by Gasteiger charge is 2.18. The van der Waals surface area contributed by atoms with Crippen molar-refractivity contribution in [1.82, 2.24) is 10.0 Å². The van der Waals surface area contributed by atoms with Crippen LogP contribution in [0.5, 0.6) is 0 Å². The normalized spacial score (nSPS) is 15.1. The van der Waals surface area contributed by atoms with Gasteiger partial charge in [-0.3, -0.25) is 4.79 Å². The third-order valence-corrected chi connectivity index (χ3v) is 8.56. The largest absolute Gasteiger partial charge is 0.348 e. The lowest BCUT2D eigenvalue weighted by Gasteiger charge is -2.10. The van der Waals surface area contributed by atoms with E-state index in [-0.39, 0.29) is 10.8 Å². The second-order valence-electron chi connectivity index (χ2n) is 5.73. The van der Waals surface area contributed by atoms with E-state index in [2.05, 4.69) is 10.0 Å². The average molecular weight is 409 g/mol. The zero-order valence-corrected chi connectivity index (χ0v) is 16.7. The number of amides is 1. The summed E-state index contributed by atoms with van der Waals surface area (Å²) in [5.74, 6) is 2.20. The molecule has 1 fully saturated rings. The molecule has 0 saturated carbocycles. The molecule has 1 heterocycles. The van der Waals surface area contributed by atoms with Crippen molar-refractivity contribution in [2.45, 2.75) is 16.0 Å². The van der Waals surface area contributed by atoms with E-state index >= 15 is 0 Å². The van der Waals surface area contributed by atoms with Crippen LogP contribution < -0.4 is 10.0 Å². The van der Waals surface area contributed by atoms with Gasteiger partial charge in [-0.2, -0.15) is 0 Å². The van der Waals surface area contributed by atoms with Gasteiger partial charge in [0.2, 0.25) is 10.0 Å². The molecule has 2 aromatic rings. The van der Waals surface area contributed by atoms with Gasteiger partial charge in [0.05, 0.1) is 9.48 Å². The highest BCUT2D eigenvalue weighted by Crippen LogP contribution is 2.45. The Morgan fingerprint density at radius 3 is 2.23 bits per heavy atom. The summed E-state index contributed by atoms with van der Waals surface area (Å²) in [7, 11) is -2.07. The maximum atomic E-state index is 12.3. The Morgan fingerprint density at radius 2 is 1.65 bits per heavy atom. The number of rotatable bonds is 6. The second kappa shape index (κ2) is 8.47. The number of benzene rings is 2. The fraction of sp³-hybridized carbons (Fsp3) is 0.278. The highest BCUT2D eigenvalue weighted by atomic mass is 32.2. The lowest BCUT2D eigenvalue weighted by atomic mass is 10.1. The van der Waals surface area contributed by atoms with Crippen LogP contribution in [0.4, 0.5) is 0 Å². The molecule has 1 aliphatic heterocycles. The number of carbonyl (C=O) groups excluding carboxylic acids is 1. The quantitative estimate of drug-likeness (QED) is 0.769. The van der Waals surface area contributed by atoms with Crippen LogP contribution in [0.15, 0.2) is 53.4 Å². The first-order valence-corrected chi connectivity index (χ1v) is 11.7. The fourth-order valence-electron chi connectivity index (χ4n) is 2.53. The van der Waals surface area contributed by atoms with Crippen LogP contribution in [0.3, 0.4) is 0 Å². The number of hydrogen-bond donors (Lipinski definition) is 2. The minimum absolute atomic E-state index is 0.143. The third kappa shape index (κ3) is 4.62. The van der Waals surface area contributed by atoms with Gasteiger partial charge in [-0.1, -0.05) is 24.3 Å². The standard InChI is InChI=1S/C18H20N2O3S3/c1-19-26(22,23)16-8-2-13(3-9-16)12-20-17(21)14-4-6-15(7-5-14)18-24-10-11-25-18/h2-9,18-19H,10-12H2,1H3,(H,20,21). The van der Waals surface area contributed by atoms with Gasteiger partial charge in [0.25, 0.3) is 5.91 Å². The molecule has 0 bridgehead atoms. The molecule has 3 rings (SSSR count). The second-order valence-corrected chi connectivity index (χ2v) is 10.3. The number of carbonyl (C=O) groups is 1. The third-order valence-electron chi connectivity index (χ3n) is 4.02. The lowest BCUT2D eigenvalue weighted by molar-refractivity contribution is 0.0951. The van der Waals surface area contributed by atoms with Crippen LogP contribution in [-0.2, 0) is 16.6 Å². The van der Waals surface area contributed by atoms with Gasteiger partial charge in [0.15, 0.2) is 0 Å². The molecule has 26 heavy (non-hydrogen) atoms. The first kappa shape index (κ1) is 19.3. The Kier molecular flexibility index (Phi) is 6.29. The Morgan fingerprint density at radius 1 is 1.04 bits per heavy atom. The van der Waals surface area contributed by atoms with Crippen LogP contribution in [0.25, 0.3) is 0 Å². The van der Waals surface area contributed by atoms with E-state index < -0.39 is 10.0 Å². The number of thioether (sulfide) groups is 2. The maximum absolute atomic E-state index is 12.3. The van der Waals surface area contributed by atoms with Crippen LogP contribution in [0.1, 0.15) is 26.1 Å². The first-order valence-electron chi connectivity index (χ1n) is 8.13. The van der Waals surface area contributed by atoms with E-state index in [1.807, 2.05) is 47.8 Å². The molecular weight excluding hydrogens is 388 g/mol. The van der Waals surface area contributed by atoms with Crippen molar-refractivity contribution in [3.05, 3.63) is 65.2 Å². The molecule has 2 N–H and O–H groups in total. The van der Waals surface area contributed by atoms with Crippen molar-refractivity contribution in [3.63, 3.8) is 0 Å². The zero-order chi connectivity index (χ0) is 18.6. The van der Waals surface area contributed by atoms with Crippen LogP contribution in [0, 0.1) is 0 Å². The number of sulfonamides is 1. The topological polar surface area (TPSA) is 75.3 Å². The lowest BCUT2D eigenvalue weighted by Crippen LogP contribution is -2.23. The van der Waals surface area contributed by atoms with Crippen molar-refractivity contribution in [2.75, 3.05) is 18.6 Å². The summed E-state index contributed by atoms with van der Waals surface area (Å²) in [6.07, 6.45) is 0. The van der Waals surface area contributed by atoms with Gasteiger partial charge in [0, 0.05) is 23.6 Å². The molecule has 138 valence electrons. The van der Waals surface area contributed by atoms with Crippen LogP contribution in [-0.4, -0.2) is 32.9 Å². The van der Waals surface area contributed by atoms with Crippen molar-refractivity contribution in [1.29, 1.82) is 0 Å². The van der Waals surface area contributed by atoms with Gasteiger partial charge in [0.1, 0.15) is 0 Å². The zero-order valence-electron chi connectivity index (χ0n) is 14.3. The van der Waals surface area contributed by atoms with Crippen LogP contribution in [0.2, 0.25) is 0 Å². The van der Waals surface area contributed by atoms with Gasteiger partial charge < -0.3 is 5.32 Å². The molecule has 0 aliphatic carbocycles. The van der Waals surface area contributed by atoms with Gasteiger partial charge in [-0.15, -0.1) is 23.5 Å². The Balaban J connectivity index is 1.58. The summed E-state index contributed by atoms with van der Waals surface area (Å²) in [6, 6.07) is 14.2. The van der Waals surface area contributed by atoms with E-state index in [0.717, 1.165) is 5.56 Å². The minimum atomic E-state index is -3.44. The molecule has 8 heteroatoms. The minimum Gasteiger partial charge on any atom is -0.348 e. The predicted molar refractivity (Wildman–Crippen MR) is 108 cm³/mol. The molecule has 1 aliphatic rings. The van der Waals surface area contributed by atoms with Crippen LogP contribution >= 0.6 is 23.5 Å². The SMILES string of the molecule is CNS(=O)(=O)c1ccc(CNC(=O)c2ccc(C3SCCS3)cc2)cc1. The van der Waals surface area contributed by atoms with E-state index in [4.69, 9.17) is 0 Å². The summed E-state index contributed by atoms with van der Waals surface area (Å²) in [6.45, 7) is 0.342. The molecule has 0 aromatic heterocycles. The van der Waals surface area contributed by atoms with E-state index in [1.54, 1.807) is 12.1 Å². The van der Waals surface area contributed by atoms with E-state index in [0.29, 0.717) is 16.7 Å². The van der Waals surface area contributed by atoms with Gasteiger partial charge in [-0.25, -0.2) is 13.1 Å². The molecule has 0 spiro atoms. The predicted octanol–water partition coefficient (Wildman–Crippen LogP) is 3.00. The number of nitrogens with one attached hydrogen (secondary N) is 2. The molecule has 5 nitrogen and oxygen atoms in total. The van der Waals surface area contributed by atoms with Crippen molar-refractivity contribution in [2.24, 2.45) is 0 Å². The molecule has 0 radical (unpaired) electrons. The summed E-state index contributed by atoms with van der Waals surface area (Å²) < 4.78 is 26.1.